The number of hydrogen-bond donors (Lipinski definition) is 2. The van der Waals surface area contributed by atoms with Crippen LogP contribution in [0.5, 0.6) is 5.75 Å². The molecular weight excluding hydrogens is 267 g/mol. The van der Waals surface area contributed by atoms with E-state index in [1.165, 1.54) is 24.7 Å². The normalized spacial score (nSPS) is 12.4. The third-order valence-corrected chi connectivity index (χ3v) is 3.80. The molecule has 1 aromatic carbocycles. The van der Waals surface area contributed by atoms with Gasteiger partial charge in [0, 0.05) is 0 Å². The van der Waals surface area contributed by atoms with E-state index >= 15 is 0 Å². The zero-order valence-electron chi connectivity index (χ0n) is 10.7. The van der Waals surface area contributed by atoms with Crippen LogP contribution >= 0.6 is 11.5 Å². The Bertz CT molecular complexity index is 560. The zero-order chi connectivity index (χ0) is 13.8. The molecule has 1 atom stereocenters. The van der Waals surface area contributed by atoms with Gasteiger partial charge in [0.2, 0.25) is 0 Å². The smallest absolute Gasteiger partial charge is 0.165 e. The van der Waals surface area contributed by atoms with Gasteiger partial charge in [-0.25, -0.2) is 4.39 Å². The molecule has 19 heavy (non-hydrogen) atoms. The summed E-state index contributed by atoms with van der Waals surface area (Å²) in [5.41, 5.74) is 4.38. The van der Waals surface area contributed by atoms with E-state index in [1.54, 1.807) is 6.07 Å². The number of aromatic nitrogens is 2. The Morgan fingerprint density at radius 3 is 2.84 bits per heavy atom. The summed E-state index contributed by atoms with van der Waals surface area (Å²) in [6.07, 6.45) is 0.558. The van der Waals surface area contributed by atoms with Gasteiger partial charge < -0.3 is 4.74 Å². The fourth-order valence-electron chi connectivity index (χ4n) is 1.86. The van der Waals surface area contributed by atoms with E-state index in [4.69, 9.17) is 10.6 Å². The van der Waals surface area contributed by atoms with Crippen molar-refractivity contribution in [3.05, 3.63) is 40.2 Å². The van der Waals surface area contributed by atoms with Crippen molar-refractivity contribution in [1.82, 2.24) is 15.0 Å². The first kappa shape index (κ1) is 13.9. The molecule has 0 spiro atoms. The number of methoxy groups -OCH3 is 1. The lowest BCUT2D eigenvalue weighted by Gasteiger charge is -2.14. The second-order valence-electron chi connectivity index (χ2n) is 4.11. The molecule has 0 amide bonds. The van der Waals surface area contributed by atoms with E-state index in [9.17, 15) is 4.39 Å². The first-order valence-corrected chi connectivity index (χ1v) is 6.50. The summed E-state index contributed by atoms with van der Waals surface area (Å²) in [7, 11) is 1.44. The van der Waals surface area contributed by atoms with Crippen molar-refractivity contribution < 1.29 is 9.13 Å². The van der Waals surface area contributed by atoms with Crippen molar-refractivity contribution in [2.45, 2.75) is 19.4 Å². The maximum absolute atomic E-state index is 13.6. The van der Waals surface area contributed by atoms with Crippen LogP contribution in [0.2, 0.25) is 0 Å². The van der Waals surface area contributed by atoms with Gasteiger partial charge in [-0.3, -0.25) is 11.3 Å². The summed E-state index contributed by atoms with van der Waals surface area (Å²) >= 11 is 1.29. The molecule has 7 heteroatoms. The third kappa shape index (κ3) is 3.06. The monoisotopic (exact) mass is 282 g/mol. The number of ether oxygens (including phenoxy) is 1. The van der Waals surface area contributed by atoms with E-state index in [0.29, 0.717) is 6.42 Å². The van der Waals surface area contributed by atoms with E-state index in [-0.39, 0.29) is 17.6 Å². The molecule has 0 aliphatic carbocycles. The van der Waals surface area contributed by atoms with Crippen molar-refractivity contribution in [3.8, 4) is 5.75 Å². The van der Waals surface area contributed by atoms with E-state index in [2.05, 4.69) is 15.0 Å². The van der Waals surface area contributed by atoms with E-state index in [0.717, 1.165) is 16.1 Å². The predicted molar refractivity (Wildman–Crippen MR) is 71.4 cm³/mol. The molecule has 1 aromatic heterocycles. The van der Waals surface area contributed by atoms with Crippen LogP contribution in [0.3, 0.4) is 0 Å². The number of aryl methyl sites for hydroxylation is 1. The molecular formula is C12H15FN4OS. The molecule has 1 unspecified atom stereocenters. The zero-order valence-corrected chi connectivity index (χ0v) is 11.5. The molecule has 2 aromatic rings. The second kappa shape index (κ2) is 6.05. The Morgan fingerprint density at radius 1 is 1.53 bits per heavy atom. The number of rotatable bonds is 5. The summed E-state index contributed by atoms with van der Waals surface area (Å²) in [6.45, 7) is 1.87. The molecule has 5 nitrogen and oxygen atoms in total. The number of benzene rings is 1. The van der Waals surface area contributed by atoms with Crippen LogP contribution in [0.15, 0.2) is 18.2 Å². The molecule has 0 bridgehead atoms. The predicted octanol–water partition coefficient (Wildman–Crippen LogP) is 1.74. The lowest BCUT2D eigenvalue weighted by Crippen LogP contribution is -2.29. The van der Waals surface area contributed by atoms with Crippen LogP contribution in [0.1, 0.15) is 22.2 Å². The summed E-state index contributed by atoms with van der Waals surface area (Å²) < 4.78 is 22.4. The Kier molecular flexibility index (Phi) is 4.41. The Balaban J connectivity index is 2.19. The standard InChI is InChI=1S/C12H15FN4OS/c1-7-12(19-17-16-7)10(15-14)6-8-3-4-11(18-2)9(13)5-8/h3-5,10,15H,6,14H2,1-2H3. The van der Waals surface area contributed by atoms with Crippen LogP contribution < -0.4 is 16.0 Å². The fraction of sp³-hybridized carbons (Fsp3) is 0.333. The van der Waals surface area contributed by atoms with Crippen molar-refractivity contribution in [3.63, 3.8) is 0 Å². The quantitative estimate of drug-likeness (QED) is 0.645. The molecule has 2 rings (SSSR count). The minimum atomic E-state index is -0.380. The van der Waals surface area contributed by atoms with Gasteiger partial charge in [0.1, 0.15) is 0 Å². The van der Waals surface area contributed by atoms with Gasteiger partial charge in [-0.15, -0.1) is 5.10 Å². The highest BCUT2D eigenvalue weighted by Gasteiger charge is 2.17. The van der Waals surface area contributed by atoms with Crippen molar-refractivity contribution in [1.29, 1.82) is 0 Å². The average molecular weight is 282 g/mol. The summed E-state index contributed by atoms with van der Waals surface area (Å²) in [6, 6.07) is 4.74. The van der Waals surface area contributed by atoms with E-state index < -0.39 is 0 Å². The topological polar surface area (TPSA) is 73.1 Å². The molecule has 0 saturated heterocycles. The van der Waals surface area contributed by atoms with Crippen molar-refractivity contribution >= 4 is 11.5 Å². The molecule has 0 radical (unpaired) electrons. The van der Waals surface area contributed by atoms with Crippen LogP contribution in [-0.2, 0) is 6.42 Å². The van der Waals surface area contributed by atoms with Gasteiger partial charge in [-0.2, -0.15) is 0 Å². The van der Waals surface area contributed by atoms with Gasteiger partial charge >= 0.3 is 0 Å². The van der Waals surface area contributed by atoms with Crippen LogP contribution in [-0.4, -0.2) is 16.7 Å². The summed E-state index contributed by atoms with van der Waals surface area (Å²) in [5, 5.41) is 3.95. The maximum Gasteiger partial charge on any atom is 0.165 e. The highest BCUT2D eigenvalue weighted by molar-refractivity contribution is 7.05. The minimum Gasteiger partial charge on any atom is -0.494 e. The summed E-state index contributed by atoms with van der Waals surface area (Å²) in [5.74, 6) is 5.41. The molecule has 0 aliphatic rings. The van der Waals surface area contributed by atoms with Gasteiger partial charge in [0.15, 0.2) is 11.6 Å². The van der Waals surface area contributed by atoms with Crippen molar-refractivity contribution in [2.24, 2.45) is 5.84 Å². The third-order valence-electron chi connectivity index (χ3n) is 2.86. The van der Waals surface area contributed by atoms with E-state index in [1.807, 2.05) is 13.0 Å². The largest absolute Gasteiger partial charge is 0.494 e. The lowest BCUT2D eigenvalue weighted by molar-refractivity contribution is 0.386. The average Bonchev–Trinajstić information content (AvgIpc) is 2.82. The minimum absolute atomic E-state index is 0.132. The molecule has 3 N–H and O–H groups in total. The Morgan fingerprint density at radius 2 is 2.32 bits per heavy atom. The second-order valence-corrected chi connectivity index (χ2v) is 4.90. The molecule has 102 valence electrons. The highest BCUT2D eigenvalue weighted by Crippen LogP contribution is 2.25. The fourth-order valence-corrected chi connectivity index (χ4v) is 2.56. The Labute approximate surface area is 114 Å². The van der Waals surface area contributed by atoms with Crippen LogP contribution in [0.25, 0.3) is 0 Å². The molecule has 0 aliphatic heterocycles. The first-order valence-electron chi connectivity index (χ1n) is 5.73. The first-order chi connectivity index (χ1) is 9.15. The summed E-state index contributed by atoms with van der Waals surface area (Å²) in [4.78, 5) is 0.957. The number of nitrogens with one attached hydrogen (secondary N) is 1. The van der Waals surface area contributed by atoms with Gasteiger partial charge in [-0.1, -0.05) is 10.6 Å². The van der Waals surface area contributed by atoms with Gasteiger partial charge in [0.05, 0.1) is 23.7 Å². The lowest BCUT2D eigenvalue weighted by atomic mass is 10.0. The molecule has 0 saturated carbocycles. The number of hydrazine groups is 1. The molecule has 0 fully saturated rings. The van der Waals surface area contributed by atoms with Crippen LogP contribution in [0.4, 0.5) is 4.39 Å². The van der Waals surface area contributed by atoms with Gasteiger partial charge in [0.25, 0.3) is 0 Å². The highest BCUT2D eigenvalue weighted by atomic mass is 32.1. The molecule has 1 heterocycles. The number of hydrogen-bond acceptors (Lipinski definition) is 6. The number of halogens is 1. The number of nitrogens with two attached hydrogens (primary N) is 1. The Hall–Kier alpha value is -1.57. The number of nitrogens with zero attached hydrogens (tertiary/aromatic N) is 2. The maximum atomic E-state index is 13.6. The SMILES string of the molecule is COc1ccc(CC(NN)c2snnc2C)cc1F. The van der Waals surface area contributed by atoms with Crippen LogP contribution in [0, 0.1) is 12.7 Å². The van der Waals surface area contributed by atoms with Gasteiger partial charge in [-0.05, 0) is 42.6 Å². The van der Waals surface area contributed by atoms with Crippen molar-refractivity contribution in [2.75, 3.05) is 7.11 Å².